The molecule has 0 aromatic carbocycles. The van der Waals surface area contributed by atoms with Gasteiger partial charge in [-0.2, -0.15) is 0 Å². The number of imidazole rings is 1. The van der Waals surface area contributed by atoms with E-state index >= 15 is 0 Å². The van der Waals surface area contributed by atoms with Gasteiger partial charge < -0.3 is 10.1 Å². The monoisotopic (exact) mass is 283 g/mol. The molecule has 2 aromatic rings. The molecule has 0 aliphatic heterocycles. The van der Waals surface area contributed by atoms with E-state index in [1.54, 1.807) is 6.20 Å². The van der Waals surface area contributed by atoms with Gasteiger partial charge in [0.05, 0.1) is 9.46 Å². The summed E-state index contributed by atoms with van der Waals surface area (Å²) in [5.74, 6) is 0. The van der Waals surface area contributed by atoms with Gasteiger partial charge in [0.1, 0.15) is 0 Å². The fraction of sp³-hybridized carbons (Fsp3) is 0.200. The van der Waals surface area contributed by atoms with Crippen LogP contribution in [0.1, 0.15) is 11.3 Å². The molecule has 0 saturated carbocycles. The quantitative estimate of drug-likeness (QED) is 0.860. The first kappa shape index (κ1) is 10.6. The van der Waals surface area contributed by atoms with Crippen molar-refractivity contribution in [3.8, 4) is 0 Å². The molecule has 5 heteroatoms. The molecular weight excluding hydrogens is 274 g/mol. The predicted molar refractivity (Wildman–Crippen MR) is 68.1 cm³/mol. The Morgan fingerprint density at radius 2 is 2.40 bits per heavy atom. The maximum atomic E-state index is 5.53. The summed E-state index contributed by atoms with van der Waals surface area (Å²) in [6, 6.07) is 2.03. The molecule has 0 atom stereocenters. The second kappa shape index (κ2) is 3.90. The van der Waals surface area contributed by atoms with E-state index in [9.17, 15) is 0 Å². The minimum absolute atomic E-state index is 0.481. The van der Waals surface area contributed by atoms with Crippen LogP contribution < -0.4 is 5.73 Å². The van der Waals surface area contributed by atoms with Crippen LogP contribution >= 0.6 is 28.1 Å². The van der Waals surface area contributed by atoms with E-state index < -0.39 is 0 Å². The summed E-state index contributed by atoms with van der Waals surface area (Å²) in [6.07, 6.45) is 4.41. The predicted octanol–water partition coefficient (Wildman–Crippen LogP) is 2.23. The minimum Gasteiger partial charge on any atom is -0.393 e. The number of hydrogen-bond acceptors (Lipinski definition) is 2. The molecule has 2 rings (SSSR count). The van der Waals surface area contributed by atoms with Gasteiger partial charge in [0.25, 0.3) is 0 Å². The molecule has 0 aliphatic carbocycles. The molecule has 2 aromatic heterocycles. The van der Waals surface area contributed by atoms with Crippen LogP contribution in [0.15, 0.2) is 22.9 Å². The van der Waals surface area contributed by atoms with Gasteiger partial charge in [-0.3, -0.25) is 0 Å². The first-order valence-corrected chi connectivity index (χ1v) is 5.68. The van der Waals surface area contributed by atoms with Crippen LogP contribution in [0, 0.1) is 6.92 Å². The zero-order chi connectivity index (χ0) is 11.0. The van der Waals surface area contributed by atoms with Crippen LogP contribution in [-0.4, -0.2) is 14.4 Å². The number of hydrogen-bond donors (Lipinski definition) is 1. The molecule has 2 N–H and O–H groups in total. The van der Waals surface area contributed by atoms with Gasteiger partial charge in [0.2, 0.25) is 0 Å². The lowest BCUT2D eigenvalue weighted by molar-refractivity contribution is 1.05. The van der Waals surface area contributed by atoms with Crippen molar-refractivity contribution in [2.45, 2.75) is 13.3 Å². The van der Waals surface area contributed by atoms with Crippen molar-refractivity contribution in [2.24, 2.45) is 5.73 Å². The van der Waals surface area contributed by atoms with Crippen molar-refractivity contribution in [1.82, 2.24) is 9.38 Å². The molecule has 0 aliphatic rings. The highest BCUT2D eigenvalue weighted by Gasteiger charge is 2.07. The van der Waals surface area contributed by atoms with Gasteiger partial charge >= 0.3 is 0 Å². The van der Waals surface area contributed by atoms with E-state index in [1.165, 1.54) is 0 Å². The molecule has 0 spiro atoms. The number of rotatable bonds is 2. The molecule has 0 unspecified atom stereocenters. The Kier molecular flexibility index (Phi) is 2.75. The van der Waals surface area contributed by atoms with Crippen LogP contribution in [0.4, 0.5) is 0 Å². The van der Waals surface area contributed by atoms with Crippen molar-refractivity contribution in [3.63, 3.8) is 0 Å². The molecule has 0 fully saturated rings. The summed E-state index contributed by atoms with van der Waals surface area (Å²) in [6.45, 7) is 2.04. The van der Waals surface area contributed by atoms with Crippen LogP contribution in [0.25, 0.3) is 5.65 Å². The molecule has 78 valence electrons. The van der Waals surface area contributed by atoms with E-state index in [1.807, 2.05) is 23.6 Å². The molecule has 15 heavy (non-hydrogen) atoms. The van der Waals surface area contributed by atoms with E-state index in [0.29, 0.717) is 11.4 Å². The second-order valence-corrected chi connectivity index (χ2v) is 4.83. The molecule has 0 saturated heterocycles. The number of aromatic nitrogens is 2. The number of nitrogens with two attached hydrogens (primary N) is 1. The Balaban J connectivity index is 2.63. The molecule has 3 nitrogen and oxygen atoms in total. The number of nitrogens with zero attached hydrogens (tertiary/aromatic N) is 2. The lowest BCUT2D eigenvalue weighted by Crippen LogP contribution is -2.12. The Bertz CT molecular complexity index is 533. The summed E-state index contributed by atoms with van der Waals surface area (Å²) in [5.41, 5.74) is 8.60. The Morgan fingerprint density at radius 3 is 3.07 bits per heavy atom. The average Bonchev–Trinajstić information content (AvgIpc) is 2.48. The highest BCUT2D eigenvalue weighted by Crippen LogP contribution is 2.20. The molecule has 0 amide bonds. The van der Waals surface area contributed by atoms with Crippen molar-refractivity contribution in [2.75, 3.05) is 0 Å². The third-order valence-electron chi connectivity index (χ3n) is 2.13. The topological polar surface area (TPSA) is 43.3 Å². The van der Waals surface area contributed by atoms with Crippen LogP contribution in [-0.2, 0) is 6.42 Å². The maximum absolute atomic E-state index is 5.53. The largest absolute Gasteiger partial charge is 0.393 e. The third kappa shape index (κ3) is 2.03. The van der Waals surface area contributed by atoms with Gasteiger partial charge in [-0.15, -0.1) is 0 Å². The number of pyridine rings is 1. The molecule has 0 radical (unpaired) electrons. The minimum atomic E-state index is 0.481. The summed E-state index contributed by atoms with van der Waals surface area (Å²) >= 11 is 8.38. The maximum Gasteiger partial charge on any atom is 0.151 e. The Hall–Kier alpha value is -0.940. The van der Waals surface area contributed by atoms with Gasteiger partial charge in [-0.25, -0.2) is 4.98 Å². The number of halogens is 1. The SMILES string of the molecule is Cc1cc(Br)c2ncc(CC(N)=S)n2c1. The van der Waals surface area contributed by atoms with Gasteiger partial charge in [0, 0.05) is 24.5 Å². The van der Waals surface area contributed by atoms with E-state index in [-0.39, 0.29) is 0 Å². The van der Waals surface area contributed by atoms with Gasteiger partial charge in [0.15, 0.2) is 5.65 Å². The summed E-state index contributed by atoms with van der Waals surface area (Å²) in [4.78, 5) is 4.79. The number of fused-ring (bicyclic) bond motifs is 1. The zero-order valence-corrected chi connectivity index (χ0v) is 10.6. The molecule has 2 heterocycles. The van der Waals surface area contributed by atoms with Crippen molar-refractivity contribution < 1.29 is 0 Å². The highest BCUT2D eigenvalue weighted by atomic mass is 79.9. The summed E-state index contributed by atoms with van der Waals surface area (Å²) in [5, 5.41) is 0. The zero-order valence-electron chi connectivity index (χ0n) is 8.20. The second-order valence-electron chi connectivity index (χ2n) is 3.45. The van der Waals surface area contributed by atoms with Crippen molar-refractivity contribution in [1.29, 1.82) is 0 Å². The summed E-state index contributed by atoms with van der Waals surface area (Å²) < 4.78 is 3.00. The highest BCUT2D eigenvalue weighted by molar-refractivity contribution is 9.10. The van der Waals surface area contributed by atoms with Gasteiger partial charge in [-0.05, 0) is 34.5 Å². The van der Waals surface area contributed by atoms with E-state index in [2.05, 4.69) is 20.9 Å². The van der Waals surface area contributed by atoms with E-state index in [4.69, 9.17) is 18.0 Å². The van der Waals surface area contributed by atoms with Crippen LogP contribution in [0.2, 0.25) is 0 Å². The van der Waals surface area contributed by atoms with Crippen molar-refractivity contribution in [3.05, 3.63) is 34.2 Å². The number of aryl methyl sites for hydroxylation is 1. The van der Waals surface area contributed by atoms with E-state index in [0.717, 1.165) is 21.4 Å². The lowest BCUT2D eigenvalue weighted by atomic mass is 10.3. The van der Waals surface area contributed by atoms with Gasteiger partial charge in [-0.1, -0.05) is 12.2 Å². The Labute approximate surface area is 101 Å². The standard InChI is InChI=1S/C10H10BrN3S/c1-6-2-8(11)10-13-4-7(3-9(12)15)14(10)5-6/h2,4-5H,3H2,1H3,(H2,12,15). The fourth-order valence-electron chi connectivity index (χ4n) is 1.53. The lowest BCUT2D eigenvalue weighted by Gasteiger charge is -2.03. The molecular formula is C10H10BrN3S. The first-order chi connectivity index (χ1) is 7.08. The Morgan fingerprint density at radius 1 is 1.67 bits per heavy atom. The van der Waals surface area contributed by atoms with Crippen LogP contribution in [0.5, 0.6) is 0 Å². The number of thiocarbonyl (C=S) groups is 1. The summed E-state index contributed by atoms with van der Waals surface area (Å²) in [7, 11) is 0. The first-order valence-electron chi connectivity index (χ1n) is 4.48. The smallest absolute Gasteiger partial charge is 0.151 e. The molecule has 0 bridgehead atoms. The average molecular weight is 284 g/mol. The fourth-order valence-corrected chi connectivity index (χ4v) is 2.33. The normalized spacial score (nSPS) is 10.8. The van der Waals surface area contributed by atoms with Crippen LogP contribution in [0.3, 0.4) is 0 Å². The third-order valence-corrected chi connectivity index (χ3v) is 2.86. The van der Waals surface area contributed by atoms with Crippen molar-refractivity contribution >= 4 is 38.8 Å².